The number of nitriles is 1. The van der Waals surface area contributed by atoms with Crippen molar-refractivity contribution in [2.75, 3.05) is 5.32 Å². The molecule has 26 heavy (non-hydrogen) atoms. The summed E-state index contributed by atoms with van der Waals surface area (Å²) in [5, 5.41) is 23.9. The number of thioether (sulfide) groups is 1. The van der Waals surface area contributed by atoms with Crippen LogP contribution in [0.4, 0.5) is 10.8 Å². The number of hydrogen-bond acceptors (Lipinski definition) is 7. The van der Waals surface area contributed by atoms with Gasteiger partial charge in [0.15, 0.2) is 4.34 Å². The Morgan fingerprint density at radius 2 is 1.92 bits per heavy atom. The van der Waals surface area contributed by atoms with Gasteiger partial charge in [-0.1, -0.05) is 54.6 Å². The molecule has 0 saturated heterocycles. The molecule has 6 nitrogen and oxygen atoms in total. The highest BCUT2D eigenvalue weighted by Gasteiger charge is 2.32. The van der Waals surface area contributed by atoms with Crippen molar-refractivity contribution in [2.45, 2.75) is 49.7 Å². The van der Waals surface area contributed by atoms with E-state index in [1.165, 1.54) is 28.7 Å². The standard InChI is InChI=1S/C18H23N5OS2/c1-11(2)18(5,10-19)21-15(24)13(4)25-17-23-22-16(26-17)20-14-8-6-12(3)7-9-14/h6-9,11,13H,1-5H3,(H,20,22)(H,21,24)/t13-,18-/m1/s1. The Labute approximate surface area is 162 Å². The van der Waals surface area contributed by atoms with E-state index in [1.807, 2.05) is 45.0 Å². The molecule has 138 valence electrons. The second-order valence-electron chi connectivity index (χ2n) is 6.58. The van der Waals surface area contributed by atoms with E-state index in [1.54, 1.807) is 13.8 Å². The van der Waals surface area contributed by atoms with E-state index < -0.39 is 5.54 Å². The summed E-state index contributed by atoms with van der Waals surface area (Å²) in [7, 11) is 0. The van der Waals surface area contributed by atoms with Crippen LogP contribution < -0.4 is 10.6 Å². The highest BCUT2D eigenvalue weighted by molar-refractivity contribution is 8.02. The monoisotopic (exact) mass is 389 g/mol. The van der Waals surface area contributed by atoms with Crippen molar-refractivity contribution < 1.29 is 4.79 Å². The first kappa shape index (κ1) is 20.2. The van der Waals surface area contributed by atoms with Crippen LogP contribution >= 0.6 is 23.1 Å². The van der Waals surface area contributed by atoms with Crippen LogP contribution in [0, 0.1) is 24.2 Å². The van der Waals surface area contributed by atoms with E-state index in [9.17, 15) is 10.1 Å². The molecule has 1 aromatic carbocycles. The maximum Gasteiger partial charge on any atom is 0.234 e. The van der Waals surface area contributed by atoms with E-state index in [4.69, 9.17) is 0 Å². The third-order valence-electron chi connectivity index (χ3n) is 4.13. The SMILES string of the molecule is Cc1ccc(Nc2nnc(S[C@H](C)C(=O)N[C@](C)(C#N)C(C)C)s2)cc1. The molecular weight excluding hydrogens is 366 g/mol. The van der Waals surface area contributed by atoms with E-state index in [-0.39, 0.29) is 17.1 Å². The number of benzene rings is 1. The number of amides is 1. The lowest BCUT2D eigenvalue weighted by atomic mass is 9.90. The van der Waals surface area contributed by atoms with Gasteiger partial charge >= 0.3 is 0 Å². The fourth-order valence-corrected chi connectivity index (χ4v) is 3.85. The lowest BCUT2D eigenvalue weighted by molar-refractivity contribution is -0.121. The number of hydrogen-bond donors (Lipinski definition) is 2. The number of aryl methyl sites for hydroxylation is 1. The topological polar surface area (TPSA) is 90.7 Å². The van der Waals surface area contributed by atoms with Crippen molar-refractivity contribution in [3.05, 3.63) is 29.8 Å². The van der Waals surface area contributed by atoms with Crippen LogP contribution in [-0.2, 0) is 4.79 Å². The first-order valence-corrected chi connectivity index (χ1v) is 10.00. The summed E-state index contributed by atoms with van der Waals surface area (Å²) in [5.41, 5.74) is 1.25. The molecule has 1 heterocycles. The third-order valence-corrected chi connectivity index (χ3v) is 6.15. The van der Waals surface area contributed by atoms with Gasteiger partial charge in [-0.25, -0.2) is 0 Å². The number of nitrogens with zero attached hydrogens (tertiary/aromatic N) is 3. The van der Waals surface area contributed by atoms with Gasteiger partial charge in [0.05, 0.1) is 11.3 Å². The summed E-state index contributed by atoms with van der Waals surface area (Å²) in [6, 6.07) is 10.2. The van der Waals surface area contributed by atoms with Gasteiger partial charge in [-0.3, -0.25) is 4.79 Å². The number of carbonyl (C=O) groups is 1. The van der Waals surface area contributed by atoms with E-state index in [0.29, 0.717) is 9.47 Å². The Hall–Kier alpha value is -2.11. The molecule has 0 unspecified atom stereocenters. The molecule has 0 saturated carbocycles. The van der Waals surface area contributed by atoms with Crippen LogP contribution in [0.5, 0.6) is 0 Å². The predicted octanol–water partition coefficient (Wildman–Crippen LogP) is 4.13. The lowest BCUT2D eigenvalue weighted by Gasteiger charge is -2.28. The number of rotatable bonds is 7. The van der Waals surface area contributed by atoms with E-state index in [0.717, 1.165) is 5.69 Å². The van der Waals surface area contributed by atoms with Crippen molar-refractivity contribution in [2.24, 2.45) is 5.92 Å². The van der Waals surface area contributed by atoms with Crippen LogP contribution in [0.1, 0.15) is 33.3 Å². The Balaban J connectivity index is 1.96. The van der Waals surface area contributed by atoms with Gasteiger partial charge < -0.3 is 10.6 Å². The van der Waals surface area contributed by atoms with Gasteiger partial charge in [0.2, 0.25) is 11.0 Å². The predicted molar refractivity (Wildman–Crippen MR) is 107 cm³/mol. The zero-order valence-corrected chi connectivity index (χ0v) is 17.2. The molecule has 8 heteroatoms. The summed E-state index contributed by atoms with van der Waals surface area (Å²) < 4.78 is 0.700. The zero-order chi connectivity index (χ0) is 19.3. The summed E-state index contributed by atoms with van der Waals surface area (Å²) in [4.78, 5) is 12.4. The van der Waals surface area contributed by atoms with Crippen LogP contribution in [0.15, 0.2) is 28.6 Å². The maximum absolute atomic E-state index is 12.4. The molecule has 2 atom stereocenters. The molecule has 2 aromatic rings. The second kappa shape index (κ2) is 8.52. The number of nitrogens with one attached hydrogen (secondary N) is 2. The van der Waals surface area contributed by atoms with Gasteiger partial charge in [-0.2, -0.15) is 5.26 Å². The summed E-state index contributed by atoms with van der Waals surface area (Å²) in [6.45, 7) is 9.39. The number of carbonyl (C=O) groups excluding carboxylic acids is 1. The number of anilines is 2. The average molecular weight is 390 g/mol. The molecule has 2 rings (SSSR count). The van der Waals surface area contributed by atoms with Gasteiger partial charge in [-0.05, 0) is 38.8 Å². The molecule has 2 N–H and O–H groups in total. The molecule has 0 aliphatic rings. The highest BCUT2D eigenvalue weighted by Crippen LogP contribution is 2.31. The minimum atomic E-state index is -0.884. The van der Waals surface area contributed by atoms with E-state index in [2.05, 4.69) is 26.9 Å². The van der Waals surface area contributed by atoms with Crippen molar-refractivity contribution in [1.29, 1.82) is 5.26 Å². The molecule has 0 aliphatic carbocycles. The fourth-order valence-electron chi connectivity index (χ4n) is 1.93. The quantitative estimate of drug-likeness (QED) is 0.692. The molecule has 0 bridgehead atoms. The average Bonchev–Trinajstić information content (AvgIpc) is 3.03. The van der Waals surface area contributed by atoms with Crippen LogP contribution in [-0.4, -0.2) is 26.9 Å². The zero-order valence-electron chi connectivity index (χ0n) is 15.5. The molecule has 0 aliphatic heterocycles. The Kier molecular flexibility index (Phi) is 6.62. The van der Waals surface area contributed by atoms with Crippen molar-refractivity contribution in [1.82, 2.24) is 15.5 Å². The Morgan fingerprint density at radius 3 is 2.50 bits per heavy atom. The molecule has 0 spiro atoms. The molecule has 0 radical (unpaired) electrons. The van der Waals surface area contributed by atoms with Crippen LogP contribution in [0.3, 0.4) is 0 Å². The first-order valence-electron chi connectivity index (χ1n) is 8.30. The van der Waals surface area contributed by atoms with Crippen molar-refractivity contribution >= 4 is 39.8 Å². The summed E-state index contributed by atoms with van der Waals surface area (Å²) in [5.74, 6) is -0.170. The Bertz CT molecular complexity index is 797. The van der Waals surface area contributed by atoms with Gasteiger partial charge in [0.1, 0.15) is 5.54 Å². The Morgan fingerprint density at radius 1 is 1.27 bits per heavy atom. The minimum Gasteiger partial charge on any atom is -0.337 e. The van der Waals surface area contributed by atoms with Crippen LogP contribution in [0.2, 0.25) is 0 Å². The lowest BCUT2D eigenvalue weighted by Crippen LogP contribution is -2.51. The maximum atomic E-state index is 12.4. The normalized spacial score (nSPS) is 14.3. The fraction of sp³-hybridized carbons (Fsp3) is 0.444. The van der Waals surface area contributed by atoms with Gasteiger partial charge in [0, 0.05) is 5.69 Å². The molecule has 1 aromatic heterocycles. The number of aromatic nitrogens is 2. The minimum absolute atomic E-state index is 0.0143. The highest BCUT2D eigenvalue weighted by atomic mass is 32.2. The first-order chi connectivity index (χ1) is 12.2. The van der Waals surface area contributed by atoms with Crippen molar-refractivity contribution in [3.8, 4) is 6.07 Å². The third kappa shape index (κ3) is 5.19. The summed E-state index contributed by atoms with van der Waals surface area (Å²) in [6.07, 6.45) is 0. The molecule has 0 fully saturated rings. The summed E-state index contributed by atoms with van der Waals surface area (Å²) >= 11 is 2.72. The van der Waals surface area contributed by atoms with E-state index >= 15 is 0 Å². The second-order valence-corrected chi connectivity index (χ2v) is 9.15. The largest absolute Gasteiger partial charge is 0.337 e. The van der Waals surface area contributed by atoms with Gasteiger partial charge in [0.25, 0.3) is 0 Å². The molecular formula is C18H23N5OS2. The van der Waals surface area contributed by atoms with Gasteiger partial charge in [-0.15, -0.1) is 10.2 Å². The smallest absolute Gasteiger partial charge is 0.234 e. The molecule has 1 amide bonds. The van der Waals surface area contributed by atoms with Crippen LogP contribution in [0.25, 0.3) is 0 Å². The van der Waals surface area contributed by atoms with Crippen molar-refractivity contribution in [3.63, 3.8) is 0 Å².